The van der Waals surface area contributed by atoms with Gasteiger partial charge in [0.15, 0.2) is 0 Å². The maximum atomic E-state index is 10.3. The van der Waals surface area contributed by atoms with Crippen LogP contribution in [0.15, 0.2) is 24.3 Å². The predicted molar refractivity (Wildman–Crippen MR) is 43.9 cm³/mol. The van der Waals surface area contributed by atoms with E-state index in [1.807, 2.05) is 0 Å². The molecular weight excluding hydrogens is 160 g/mol. The number of anilines is 1. The van der Waals surface area contributed by atoms with Crippen LogP contribution in [0, 0.1) is 10.5 Å². The quantitative estimate of drug-likeness (QED) is 0.434. The van der Waals surface area contributed by atoms with Crippen molar-refractivity contribution in [2.45, 2.75) is 0 Å². The second-order valence-corrected chi connectivity index (χ2v) is 1.89. The summed E-state index contributed by atoms with van der Waals surface area (Å²) in [4.78, 5) is 17.8. The van der Waals surface area contributed by atoms with E-state index in [0.717, 1.165) is 0 Å². The molecular formula is C7H8N2O3. The fraction of sp³-hybridized carbons (Fsp3) is 0. The van der Waals surface area contributed by atoms with E-state index in [2.05, 4.69) is 5.59 Å². The van der Waals surface area contributed by atoms with Crippen molar-refractivity contribution >= 4 is 11.7 Å². The highest BCUT2D eigenvalue weighted by atomic mass is 16.4. The van der Waals surface area contributed by atoms with Gasteiger partial charge in [-0.25, -0.2) is 4.79 Å². The maximum Gasteiger partial charge on any atom is 0.337 e. The minimum atomic E-state index is -0.988. The second kappa shape index (κ2) is 4.84. The number of para-hydroxylation sites is 1. The molecule has 0 saturated heterocycles. The molecule has 0 radical (unpaired) electrons. The van der Waals surface area contributed by atoms with Crippen LogP contribution in [0.4, 0.5) is 5.69 Å². The van der Waals surface area contributed by atoms with E-state index in [0.29, 0.717) is 5.69 Å². The van der Waals surface area contributed by atoms with Gasteiger partial charge in [0.1, 0.15) is 0 Å². The summed E-state index contributed by atoms with van der Waals surface area (Å²) < 4.78 is 0. The largest absolute Gasteiger partial charge is 0.478 e. The Morgan fingerprint density at radius 3 is 2.17 bits per heavy atom. The van der Waals surface area contributed by atoms with Gasteiger partial charge in [-0.3, -0.25) is 0 Å². The number of carbonyl (C=O) groups is 1. The molecule has 5 nitrogen and oxygen atoms in total. The molecule has 0 spiro atoms. The average Bonchev–Trinajstić information content (AvgIpc) is 2.08. The van der Waals surface area contributed by atoms with Crippen molar-refractivity contribution in [2.75, 3.05) is 5.73 Å². The standard InChI is InChI=1S/C7H7NO2.HNO/c8-6-4-2-1-3-5(6)7(9)10;1-2/h1-4H,8H2,(H,9,10);1H. The molecule has 12 heavy (non-hydrogen) atoms. The van der Waals surface area contributed by atoms with Crippen molar-refractivity contribution in [3.63, 3.8) is 0 Å². The third-order valence-corrected chi connectivity index (χ3v) is 1.19. The Kier molecular flexibility index (Phi) is 4.07. The van der Waals surface area contributed by atoms with Crippen molar-refractivity contribution in [3.05, 3.63) is 34.7 Å². The molecule has 0 fully saturated rings. The maximum absolute atomic E-state index is 10.3. The first-order chi connectivity index (χ1) is 5.72. The lowest BCUT2D eigenvalue weighted by Gasteiger charge is -1.96. The number of benzene rings is 1. The predicted octanol–water partition coefficient (Wildman–Crippen LogP) is 1.30. The van der Waals surface area contributed by atoms with Crippen LogP contribution in [-0.4, -0.2) is 11.1 Å². The van der Waals surface area contributed by atoms with E-state index in [9.17, 15) is 4.79 Å². The van der Waals surface area contributed by atoms with E-state index in [1.165, 1.54) is 6.07 Å². The zero-order valence-electron chi connectivity index (χ0n) is 6.15. The van der Waals surface area contributed by atoms with Gasteiger partial charge in [-0.15, -0.1) is 0 Å². The summed E-state index contributed by atoms with van der Waals surface area (Å²) in [6, 6.07) is 6.36. The zero-order chi connectivity index (χ0) is 9.56. The normalized spacial score (nSPS) is 8.00. The highest BCUT2D eigenvalue weighted by Gasteiger charge is 2.03. The Morgan fingerprint density at radius 2 is 1.83 bits per heavy atom. The Balaban J connectivity index is 0.000000561. The Hall–Kier alpha value is -1.91. The second-order valence-electron chi connectivity index (χ2n) is 1.89. The Labute approximate surface area is 68.6 Å². The van der Waals surface area contributed by atoms with Gasteiger partial charge in [-0.05, 0) is 12.1 Å². The molecule has 0 aromatic heterocycles. The number of rotatable bonds is 1. The number of hydrogen-bond acceptors (Lipinski definition) is 4. The van der Waals surface area contributed by atoms with E-state index in [-0.39, 0.29) is 5.56 Å². The lowest BCUT2D eigenvalue weighted by molar-refractivity contribution is 0.0698. The van der Waals surface area contributed by atoms with Crippen molar-refractivity contribution in [1.82, 2.24) is 0 Å². The van der Waals surface area contributed by atoms with Crippen molar-refractivity contribution in [3.8, 4) is 0 Å². The van der Waals surface area contributed by atoms with Crippen LogP contribution in [0.2, 0.25) is 0 Å². The summed E-state index contributed by atoms with van der Waals surface area (Å²) in [5.41, 5.74) is 10.3. The van der Waals surface area contributed by atoms with E-state index >= 15 is 0 Å². The number of carboxylic acid groups (broad SMARTS) is 1. The van der Waals surface area contributed by atoms with Gasteiger partial charge >= 0.3 is 5.97 Å². The molecule has 0 amide bonds. The van der Waals surface area contributed by atoms with Gasteiger partial charge in [0.2, 0.25) is 0 Å². The first-order valence-electron chi connectivity index (χ1n) is 3.00. The molecule has 1 rings (SSSR count). The van der Waals surface area contributed by atoms with Gasteiger partial charge in [-0.1, -0.05) is 17.7 Å². The summed E-state index contributed by atoms with van der Waals surface area (Å²) in [7, 11) is 0. The SMILES string of the molecule is N=O.Nc1ccccc1C(=O)O. The molecule has 0 heterocycles. The van der Waals surface area contributed by atoms with Gasteiger partial charge in [0.05, 0.1) is 5.56 Å². The van der Waals surface area contributed by atoms with E-state index in [4.69, 9.17) is 15.7 Å². The summed E-state index contributed by atoms with van der Waals surface area (Å²) in [5.74, 6) is -0.988. The summed E-state index contributed by atoms with van der Waals surface area (Å²) in [5, 5.41) is 8.49. The number of nitrogen functional groups attached to an aromatic ring is 1. The van der Waals surface area contributed by atoms with E-state index in [1.54, 1.807) is 18.2 Å². The number of hydrogen-bond donors (Lipinski definition) is 3. The summed E-state index contributed by atoms with van der Waals surface area (Å²) >= 11 is 0. The smallest absolute Gasteiger partial charge is 0.337 e. The van der Waals surface area contributed by atoms with Crippen LogP contribution in [0.1, 0.15) is 10.4 Å². The molecule has 1 aromatic carbocycles. The molecule has 0 aliphatic carbocycles. The van der Waals surface area contributed by atoms with Crippen molar-refractivity contribution in [2.24, 2.45) is 0 Å². The first-order valence-corrected chi connectivity index (χ1v) is 3.00. The van der Waals surface area contributed by atoms with Crippen LogP contribution in [0.5, 0.6) is 0 Å². The Morgan fingerprint density at radius 1 is 1.33 bits per heavy atom. The minimum Gasteiger partial charge on any atom is -0.478 e. The highest BCUT2D eigenvalue weighted by molar-refractivity contribution is 5.93. The number of nitrogens with two attached hydrogens (primary N) is 1. The molecule has 64 valence electrons. The zero-order valence-corrected chi connectivity index (χ0v) is 6.15. The monoisotopic (exact) mass is 168 g/mol. The van der Waals surface area contributed by atoms with Crippen molar-refractivity contribution < 1.29 is 9.90 Å². The molecule has 0 unspecified atom stereocenters. The molecule has 0 saturated carbocycles. The molecule has 5 heteroatoms. The van der Waals surface area contributed by atoms with Crippen LogP contribution >= 0.6 is 0 Å². The van der Waals surface area contributed by atoms with Crippen LogP contribution in [-0.2, 0) is 0 Å². The third-order valence-electron chi connectivity index (χ3n) is 1.19. The van der Waals surface area contributed by atoms with E-state index < -0.39 is 5.97 Å². The minimum absolute atomic E-state index is 0.155. The molecule has 0 aliphatic rings. The molecule has 0 aliphatic heterocycles. The Bertz CT molecular complexity index is 275. The number of aromatic carboxylic acids is 1. The fourth-order valence-electron chi connectivity index (χ4n) is 0.692. The lowest BCUT2D eigenvalue weighted by atomic mass is 10.2. The summed E-state index contributed by atoms with van der Waals surface area (Å²) in [6.07, 6.45) is 0. The number of nitroso groups, excluding NO2 is 1. The topological polar surface area (TPSA) is 104 Å². The lowest BCUT2D eigenvalue weighted by Crippen LogP contribution is -2.00. The summed E-state index contributed by atoms with van der Waals surface area (Å²) in [6.45, 7) is 0. The fourth-order valence-corrected chi connectivity index (χ4v) is 0.692. The number of carboxylic acids is 1. The number of nitrogens with one attached hydrogen (secondary N) is 1. The molecule has 0 bridgehead atoms. The van der Waals surface area contributed by atoms with Gasteiger partial charge in [-0.2, -0.15) is 4.91 Å². The highest BCUT2D eigenvalue weighted by Crippen LogP contribution is 2.08. The average molecular weight is 168 g/mol. The van der Waals surface area contributed by atoms with Crippen LogP contribution in [0.3, 0.4) is 0 Å². The van der Waals surface area contributed by atoms with Crippen molar-refractivity contribution in [1.29, 1.82) is 5.59 Å². The third kappa shape index (κ3) is 2.37. The molecule has 4 N–H and O–H groups in total. The first kappa shape index (κ1) is 10.1. The van der Waals surface area contributed by atoms with Gasteiger partial charge in [0, 0.05) is 5.69 Å². The molecule has 0 atom stereocenters. The molecule has 1 aromatic rings. The van der Waals surface area contributed by atoms with Crippen LogP contribution in [0.25, 0.3) is 0 Å². The van der Waals surface area contributed by atoms with Gasteiger partial charge < -0.3 is 10.8 Å². The van der Waals surface area contributed by atoms with Gasteiger partial charge in [0.25, 0.3) is 0 Å². The van der Waals surface area contributed by atoms with Crippen LogP contribution < -0.4 is 5.73 Å².